The normalized spacial score (nSPS) is 36.6. The third kappa shape index (κ3) is 2.02. The maximum Gasteiger partial charge on any atom is 0.127 e. The first-order valence-corrected chi connectivity index (χ1v) is 7.52. The zero-order valence-corrected chi connectivity index (χ0v) is 13.5. The van der Waals surface area contributed by atoms with Gasteiger partial charge in [0, 0.05) is 16.7 Å². The van der Waals surface area contributed by atoms with Gasteiger partial charge in [-0.05, 0) is 25.2 Å². The van der Waals surface area contributed by atoms with Crippen molar-refractivity contribution in [2.75, 3.05) is 0 Å². The Bertz CT molecular complexity index is 462. The second-order valence-electron chi connectivity index (χ2n) is 7.77. The first-order valence-electron chi connectivity index (χ1n) is 7.52. The Balaban J connectivity index is 2.67. The van der Waals surface area contributed by atoms with Gasteiger partial charge in [0.25, 0.3) is 0 Å². The Morgan fingerprint density at radius 3 is 2.32 bits per heavy atom. The number of hydrogen-bond acceptors (Lipinski definition) is 1. The monoisotopic (exact) mass is 260 g/mol. The predicted molar refractivity (Wildman–Crippen MR) is 80.8 cm³/mol. The lowest BCUT2D eigenvalue weighted by Crippen LogP contribution is -2.40. The van der Waals surface area contributed by atoms with Gasteiger partial charge < -0.3 is 4.79 Å². The highest BCUT2D eigenvalue weighted by Crippen LogP contribution is 2.56. The van der Waals surface area contributed by atoms with Gasteiger partial charge in [-0.15, -0.1) is 0 Å². The highest BCUT2D eigenvalue weighted by atomic mass is 16.1. The standard InChI is InChI=1S/C18H28O/c1-11-8-15-16(14(10-19)13(11)3)17(4,5)9-12(2)18(15,6)7/h9-11,13-14H,8H2,1-7H3. The molecule has 0 heterocycles. The number of rotatable bonds is 1. The minimum atomic E-state index is 0.0227. The average Bonchev–Trinajstić information content (AvgIpc) is 2.29. The van der Waals surface area contributed by atoms with Crippen LogP contribution in [0.5, 0.6) is 0 Å². The van der Waals surface area contributed by atoms with Crippen molar-refractivity contribution in [3.8, 4) is 0 Å². The van der Waals surface area contributed by atoms with E-state index in [2.05, 4.69) is 54.5 Å². The van der Waals surface area contributed by atoms with Crippen LogP contribution < -0.4 is 0 Å². The maximum atomic E-state index is 11.7. The van der Waals surface area contributed by atoms with Gasteiger partial charge >= 0.3 is 0 Å². The van der Waals surface area contributed by atoms with E-state index in [1.165, 1.54) is 23.0 Å². The molecule has 1 nitrogen and oxygen atoms in total. The highest BCUT2D eigenvalue weighted by molar-refractivity contribution is 5.64. The van der Waals surface area contributed by atoms with Crippen molar-refractivity contribution in [2.24, 2.45) is 28.6 Å². The van der Waals surface area contributed by atoms with Gasteiger partial charge in [-0.25, -0.2) is 0 Å². The van der Waals surface area contributed by atoms with E-state index in [1.807, 2.05) is 0 Å². The summed E-state index contributed by atoms with van der Waals surface area (Å²) in [6.07, 6.45) is 4.72. The fraction of sp³-hybridized carbons (Fsp3) is 0.722. The third-order valence-corrected chi connectivity index (χ3v) is 5.81. The maximum absolute atomic E-state index is 11.7. The second kappa shape index (κ2) is 4.33. The molecule has 0 spiro atoms. The highest BCUT2D eigenvalue weighted by Gasteiger charge is 2.46. The lowest BCUT2D eigenvalue weighted by molar-refractivity contribution is -0.112. The molecule has 0 amide bonds. The van der Waals surface area contributed by atoms with Gasteiger partial charge in [0.05, 0.1) is 0 Å². The summed E-state index contributed by atoms with van der Waals surface area (Å²) < 4.78 is 0. The van der Waals surface area contributed by atoms with E-state index < -0.39 is 0 Å². The molecule has 3 unspecified atom stereocenters. The number of carbonyl (C=O) groups excluding carboxylic acids is 1. The molecule has 106 valence electrons. The van der Waals surface area contributed by atoms with Crippen LogP contribution in [0.2, 0.25) is 0 Å². The molecule has 0 aliphatic heterocycles. The minimum absolute atomic E-state index is 0.0227. The molecule has 0 bridgehead atoms. The Morgan fingerprint density at radius 2 is 1.79 bits per heavy atom. The van der Waals surface area contributed by atoms with E-state index in [4.69, 9.17) is 0 Å². The van der Waals surface area contributed by atoms with Crippen LogP contribution in [0, 0.1) is 28.6 Å². The molecule has 1 heteroatoms. The molecule has 2 rings (SSSR count). The van der Waals surface area contributed by atoms with E-state index in [9.17, 15) is 4.79 Å². The molecule has 0 N–H and O–H groups in total. The first kappa shape index (κ1) is 14.6. The molecule has 0 fully saturated rings. The topological polar surface area (TPSA) is 17.1 Å². The summed E-state index contributed by atoms with van der Waals surface area (Å²) in [4.78, 5) is 11.7. The van der Waals surface area contributed by atoms with E-state index in [-0.39, 0.29) is 16.7 Å². The Kier molecular flexibility index (Phi) is 3.32. The number of aldehydes is 1. The lowest BCUT2D eigenvalue weighted by Gasteiger charge is -2.50. The molecular weight excluding hydrogens is 232 g/mol. The fourth-order valence-electron chi connectivity index (χ4n) is 4.08. The van der Waals surface area contributed by atoms with Crippen molar-refractivity contribution in [2.45, 2.75) is 54.9 Å². The summed E-state index contributed by atoms with van der Waals surface area (Å²) in [7, 11) is 0. The molecule has 0 saturated heterocycles. The van der Waals surface area contributed by atoms with Crippen LogP contribution in [0.3, 0.4) is 0 Å². The van der Waals surface area contributed by atoms with Gasteiger partial charge in [0.15, 0.2) is 0 Å². The largest absolute Gasteiger partial charge is 0.303 e. The first-order chi connectivity index (χ1) is 8.63. The lowest BCUT2D eigenvalue weighted by atomic mass is 9.54. The van der Waals surface area contributed by atoms with Crippen molar-refractivity contribution in [3.63, 3.8) is 0 Å². The van der Waals surface area contributed by atoms with Crippen LogP contribution in [0.25, 0.3) is 0 Å². The van der Waals surface area contributed by atoms with Gasteiger partial charge in [0.2, 0.25) is 0 Å². The summed E-state index contributed by atoms with van der Waals surface area (Å²) in [5, 5.41) is 0. The molecule has 3 atom stereocenters. The Hall–Kier alpha value is -0.850. The minimum Gasteiger partial charge on any atom is -0.303 e. The van der Waals surface area contributed by atoms with Gasteiger partial charge in [0.1, 0.15) is 6.29 Å². The third-order valence-electron chi connectivity index (χ3n) is 5.81. The Morgan fingerprint density at radius 1 is 1.21 bits per heavy atom. The van der Waals surface area contributed by atoms with E-state index in [1.54, 1.807) is 0 Å². The zero-order valence-electron chi connectivity index (χ0n) is 13.5. The SMILES string of the molecule is CC1=CC(C)(C)C2=C(CC(C)C(C)C2C=O)C1(C)C. The van der Waals surface area contributed by atoms with Gasteiger partial charge in [-0.2, -0.15) is 0 Å². The molecule has 0 aromatic heterocycles. The molecule has 2 aliphatic carbocycles. The predicted octanol–water partition coefficient (Wildman–Crippen LogP) is 4.79. The molecule has 0 aromatic rings. The van der Waals surface area contributed by atoms with E-state index >= 15 is 0 Å². The molecular formula is C18H28O. The fourth-order valence-corrected chi connectivity index (χ4v) is 4.08. The Labute approximate surface area is 118 Å². The van der Waals surface area contributed by atoms with Crippen molar-refractivity contribution < 1.29 is 4.79 Å². The van der Waals surface area contributed by atoms with Crippen molar-refractivity contribution >= 4 is 6.29 Å². The quantitative estimate of drug-likeness (QED) is 0.489. The smallest absolute Gasteiger partial charge is 0.127 e. The second-order valence-corrected chi connectivity index (χ2v) is 7.77. The summed E-state index contributed by atoms with van der Waals surface area (Å²) in [5.41, 5.74) is 4.52. The zero-order chi connectivity index (χ0) is 14.6. The van der Waals surface area contributed by atoms with E-state index in [0.29, 0.717) is 11.8 Å². The van der Waals surface area contributed by atoms with Crippen LogP contribution in [0.4, 0.5) is 0 Å². The summed E-state index contributed by atoms with van der Waals surface area (Å²) in [6.45, 7) is 15.9. The van der Waals surface area contributed by atoms with E-state index in [0.717, 1.165) is 6.42 Å². The number of hydrogen-bond donors (Lipinski definition) is 0. The van der Waals surface area contributed by atoms with Gasteiger partial charge in [-0.3, -0.25) is 0 Å². The summed E-state index contributed by atoms with van der Waals surface area (Å²) in [5.74, 6) is 1.14. The number of allylic oxidation sites excluding steroid dienone is 4. The van der Waals surface area contributed by atoms with Crippen molar-refractivity contribution in [1.82, 2.24) is 0 Å². The summed E-state index contributed by atoms with van der Waals surface area (Å²) in [6, 6.07) is 0. The van der Waals surface area contributed by atoms with Crippen LogP contribution in [0.1, 0.15) is 54.9 Å². The molecule has 0 aromatic carbocycles. The van der Waals surface area contributed by atoms with Crippen LogP contribution in [-0.4, -0.2) is 6.29 Å². The molecule has 0 saturated carbocycles. The van der Waals surface area contributed by atoms with Crippen LogP contribution in [0.15, 0.2) is 22.8 Å². The molecule has 0 radical (unpaired) electrons. The average molecular weight is 260 g/mol. The van der Waals surface area contributed by atoms with Crippen LogP contribution in [-0.2, 0) is 4.79 Å². The van der Waals surface area contributed by atoms with Crippen molar-refractivity contribution in [1.29, 1.82) is 0 Å². The number of carbonyl (C=O) groups is 1. The van der Waals surface area contributed by atoms with Crippen LogP contribution >= 0.6 is 0 Å². The van der Waals surface area contributed by atoms with Crippen molar-refractivity contribution in [3.05, 3.63) is 22.8 Å². The molecule has 19 heavy (non-hydrogen) atoms. The summed E-state index contributed by atoms with van der Waals surface area (Å²) >= 11 is 0. The molecule has 2 aliphatic rings. The van der Waals surface area contributed by atoms with Gasteiger partial charge in [-0.1, -0.05) is 64.3 Å².